The van der Waals surface area contributed by atoms with E-state index in [2.05, 4.69) is 10.6 Å². The van der Waals surface area contributed by atoms with E-state index in [1.165, 1.54) is 6.08 Å². The number of para-hydroxylation sites is 1. The topological polar surface area (TPSA) is 79.9 Å². The molecule has 3 rings (SSSR count). The molecule has 3 aromatic rings. The van der Waals surface area contributed by atoms with Gasteiger partial charge in [0.1, 0.15) is 0 Å². The Morgan fingerprint density at radius 3 is 2.36 bits per heavy atom. The van der Waals surface area contributed by atoms with Gasteiger partial charge in [-0.05, 0) is 60.1 Å². The highest BCUT2D eigenvalue weighted by Gasteiger charge is 2.17. The van der Waals surface area contributed by atoms with E-state index in [-0.39, 0.29) is 11.0 Å². The first-order valence-corrected chi connectivity index (χ1v) is 11.7. The van der Waals surface area contributed by atoms with E-state index in [4.69, 9.17) is 21.7 Å². The van der Waals surface area contributed by atoms with Gasteiger partial charge in [0.2, 0.25) is 5.91 Å². The summed E-state index contributed by atoms with van der Waals surface area (Å²) in [7, 11) is 4.81. The lowest BCUT2D eigenvalue weighted by Gasteiger charge is -2.22. The average molecular weight is 504 g/mol. The highest BCUT2D eigenvalue weighted by Crippen LogP contribution is 2.28. The number of nitrogens with zero attached hydrogens (tertiary/aromatic N) is 1. The monoisotopic (exact) mass is 503 g/mol. The average Bonchev–Trinajstić information content (AvgIpc) is 2.91. The van der Waals surface area contributed by atoms with Crippen LogP contribution in [0.2, 0.25) is 0 Å². The van der Waals surface area contributed by atoms with E-state index >= 15 is 0 Å². The molecule has 0 spiro atoms. The Balaban J connectivity index is 1.61. The SMILES string of the molecule is COc1ccc(/C=C/C(=O)NC(=S)N(C)c2ccccc2C(=O)NCCc2ccccc2)cc1OC. The van der Waals surface area contributed by atoms with Gasteiger partial charge in [-0.2, -0.15) is 0 Å². The summed E-state index contributed by atoms with van der Waals surface area (Å²) in [5, 5.41) is 5.79. The molecule has 0 heterocycles. The van der Waals surface area contributed by atoms with Gasteiger partial charge in [0, 0.05) is 19.7 Å². The molecule has 0 saturated carbocycles. The summed E-state index contributed by atoms with van der Waals surface area (Å²) < 4.78 is 10.5. The van der Waals surface area contributed by atoms with Gasteiger partial charge in [0.15, 0.2) is 16.6 Å². The molecule has 7 nitrogen and oxygen atoms in total. The van der Waals surface area contributed by atoms with Gasteiger partial charge in [-0.1, -0.05) is 48.5 Å². The maximum absolute atomic E-state index is 12.9. The number of ether oxygens (including phenoxy) is 2. The Kier molecular flexibility index (Phi) is 9.59. The third-order valence-corrected chi connectivity index (χ3v) is 5.80. The van der Waals surface area contributed by atoms with E-state index in [1.54, 1.807) is 62.6 Å². The number of carbonyl (C=O) groups is 2. The van der Waals surface area contributed by atoms with E-state index in [0.29, 0.717) is 29.3 Å². The van der Waals surface area contributed by atoms with Crippen molar-refractivity contribution in [3.63, 3.8) is 0 Å². The predicted octanol–water partition coefficient (Wildman–Crippen LogP) is 4.23. The first kappa shape index (κ1) is 26.4. The second-order valence-electron chi connectivity index (χ2n) is 7.81. The fraction of sp³-hybridized carbons (Fsp3) is 0.179. The number of methoxy groups -OCH3 is 2. The lowest BCUT2D eigenvalue weighted by atomic mass is 10.1. The Hall–Kier alpha value is -4.17. The molecule has 2 amide bonds. The molecule has 36 heavy (non-hydrogen) atoms. The number of hydrogen-bond acceptors (Lipinski definition) is 5. The minimum atomic E-state index is -0.397. The minimum Gasteiger partial charge on any atom is -0.493 e. The number of anilines is 1. The van der Waals surface area contributed by atoms with Crippen LogP contribution in [0, 0.1) is 0 Å². The first-order chi connectivity index (χ1) is 17.4. The molecule has 3 aromatic carbocycles. The Morgan fingerprint density at radius 2 is 1.64 bits per heavy atom. The zero-order valence-electron chi connectivity index (χ0n) is 20.5. The highest BCUT2D eigenvalue weighted by atomic mass is 32.1. The van der Waals surface area contributed by atoms with E-state index in [9.17, 15) is 9.59 Å². The fourth-order valence-corrected chi connectivity index (χ4v) is 3.69. The van der Waals surface area contributed by atoms with Gasteiger partial charge in [0.05, 0.1) is 25.5 Å². The Bertz CT molecular complexity index is 1240. The molecule has 0 atom stereocenters. The maximum atomic E-state index is 12.9. The van der Waals surface area contributed by atoms with E-state index in [1.807, 2.05) is 42.5 Å². The van der Waals surface area contributed by atoms with Gasteiger partial charge in [-0.3, -0.25) is 14.9 Å². The quantitative estimate of drug-likeness (QED) is 0.336. The van der Waals surface area contributed by atoms with Gasteiger partial charge < -0.3 is 19.7 Å². The molecule has 0 aliphatic carbocycles. The van der Waals surface area contributed by atoms with Crippen LogP contribution >= 0.6 is 12.2 Å². The van der Waals surface area contributed by atoms with Crippen LogP contribution in [0.25, 0.3) is 6.08 Å². The van der Waals surface area contributed by atoms with Crippen molar-refractivity contribution >= 4 is 40.9 Å². The van der Waals surface area contributed by atoms with Crippen molar-refractivity contribution < 1.29 is 19.1 Å². The van der Waals surface area contributed by atoms with Gasteiger partial charge in [0.25, 0.3) is 5.91 Å². The van der Waals surface area contributed by atoms with E-state index < -0.39 is 5.91 Å². The first-order valence-electron chi connectivity index (χ1n) is 11.3. The Labute approximate surface area is 216 Å². The van der Waals surface area contributed by atoms with Crippen LogP contribution in [0.5, 0.6) is 11.5 Å². The van der Waals surface area contributed by atoms with Crippen molar-refractivity contribution in [2.75, 3.05) is 32.7 Å². The number of rotatable bonds is 9. The number of carbonyl (C=O) groups excluding carboxylic acids is 2. The van der Waals surface area contributed by atoms with Crippen molar-refractivity contribution in [1.29, 1.82) is 0 Å². The van der Waals surface area contributed by atoms with Crippen molar-refractivity contribution in [3.8, 4) is 11.5 Å². The normalized spacial score (nSPS) is 10.5. The number of benzene rings is 3. The predicted molar refractivity (Wildman–Crippen MR) is 147 cm³/mol. The number of amides is 2. The highest BCUT2D eigenvalue weighted by molar-refractivity contribution is 7.80. The van der Waals surface area contributed by atoms with Gasteiger partial charge >= 0.3 is 0 Å². The lowest BCUT2D eigenvalue weighted by Crippen LogP contribution is -2.41. The van der Waals surface area contributed by atoms with Crippen LogP contribution in [0.1, 0.15) is 21.5 Å². The molecule has 0 aromatic heterocycles. The molecule has 0 aliphatic heterocycles. The molecule has 8 heteroatoms. The standard InChI is InChI=1S/C28H29N3O4S/c1-31(28(36)30-26(32)16-14-21-13-15-24(34-2)25(19-21)35-3)23-12-8-7-11-22(23)27(33)29-18-17-20-9-5-4-6-10-20/h4-16,19H,17-18H2,1-3H3,(H,29,33)(H,30,32,36)/b16-14+. The summed E-state index contributed by atoms with van der Waals surface area (Å²) in [5.41, 5.74) is 2.96. The van der Waals surface area contributed by atoms with Crippen LogP contribution in [-0.2, 0) is 11.2 Å². The zero-order valence-corrected chi connectivity index (χ0v) is 21.3. The summed E-state index contributed by atoms with van der Waals surface area (Å²) >= 11 is 5.43. The molecule has 0 unspecified atom stereocenters. The molecular formula is C28H29N3O4S. The summed E-state index contributed by atoms with van der Waals surface area (Å²) in [5.74, 6) is 0.556. The van der Waals surface area contributed by atoms with Crippen molar-refractivity contribution in [2.24, 2.45) is 0 Å². The second-order valence-corrected chi connectivity index (χ2v) is 8.20. The summed E-state index contributed by atoms with van der Waals surface area (Å²) in [6.45, 7) is 0.503. The number of hydrogen-bond donors (Lipinski definition) is 2. The molecule has 0 fully saturated rings. The molecule has 186 valence electrons. The molecule has 0 aliphatic rings. The molecule has 0 bridgehead atoms. The van der Waals surface area contributed by atoms with E-state index in [0.717, 1.165) is 17.5 Å². The smallest absolute Gasteiger partial charge is 0.253 e. The van der Waals surface area contributed by atoms with Crippen molar-refractivity contribution in [1.82, 2.24) is 10.6 Å². The lowest BCUT2D eigenvalue weighted by molar-refractivity contribution is -0.115. The zero-order chi connectivity index (χ0) is 25.9. The molecule has 0 radical (unpaired) electrons. The van der Waals surface area contributed by atoms with Gasteiger partial charge in [-0.25, -0.2) is 0 Å². The largest absolute Gasteiger partial charge is 0.493 e. The maximum Gasteiger partial charge on any atom is 0.253 e. The van der Waals surface area contributed by atoms with Crippen LogP contribution in [0.15, 0.2) is 78.9 Å². The number of nitrogens with one attached hydrogen (secondary N) is 2. The van der Waals surface area contributed by atoms with Crippen LogP contribution in [0.3, 0.4) is 0 Å². The fourth-order valence-electron chi connectivity index (χ4n) is 3.49. The minimum absolute atomic E-state index is 0.168. The third-order valence-electron chi connectivity index (χ3n) is 5.42. The molecule has 2 N–H and O–H groups in total. The number of thiocarbonyl (C=S) groups is 1. The Morgan fingerprint density at radius 1 is 0.944 bits per heavy atom. The third kappa shape index (κ3) is 7.16. The van der Waals surface area contributed by atoms with Crippen molar-refractivity contribution in [3.05, 3.63) is 95.6 Å². The summed E-state index contributed by atoms with van der Waals surface area (Å²) in [6, 6.07) is 22.4. The van der Waals surface area contributed by atoms with Gasteiger partial charge in [-0.15, -0.1) is 0 Å². The summed E-state index contributed by atoms with van der Waals surface area (Å²) in [4.78, 5) is 27.0. The van der Waals surface area contributed by atoms with Crippen LogP contribution in [0.4, 0.5) is 5.69 Å². The van der Waals surface area contributed by atoms with Crippen LogP contribution in [-0.4, -0.2) is 44.7 Å². The van der Waals surface area contributed by atoms with Crippen molar-refractivity contribution in [2.45, 2.75) is 6.42 Å². The summed E-state index contributed by atoms with van der Waals surface area (Å²) in [6.07, 6.45) is 3.75. The second kappa shape index (κ2) is 13.1. The molecule has 0 saturated heterocycles. The van der Waals surface area contributed by atoms with Crippen LogP contribution < -0.4 is 25.0 Å². The molecular weight excluding hydrogens is 474 g/mol.